The van der Waals surface area contributed by atoms with Gasteiger partial charge in [0.2, 0.25) is 0 Å². The Morgan fingerprint density at radius 1 is 0.690 bits per heavy atom. The van der Waals surface area contributed by atoms with Crippen LogP contribution in [0.2, 0.25) is 0 Å². The number of hydrogen-bond donors (Lipinski definition) is 1. The number of halogens is 2. The Balaban J connectivity index is 0.000000301. The standard InChI is InChI=1S/C21H18BrN3O3S.C19H14BrN3O3S.Li.H2O/c1-2-28-20(27)10-8-15(26)13-29-21-24-12-19(22)25(21)18-9-7-14(11-23)16-5-3-4-6-17(16)18;20-17-10-22-19(27-11-13(24)6-8-18(25)26)23(17)16-7-5-12(9-21)14-3-1-2-4-15(14)16;;/h3-7,9,12H,2,8,10,13H2,1H3;1-5,7,10H,6,8,11H2,(H,25,26);;1H2/q;;+1;/p-1. The fourth-order valence-corrected chi connectivity index (χ4v) is 8.51. The van der Waals surface area contributed by atoms with Crippen LogP contribution < -0.4 is 18.9 Å². The van der Waals surface area contributed by atoms with Crippen molar-refractivity contribution in [1.82, 2.24) is 19.1 Å². The van der Waals surface area contributed by atoms with Crippen molar-refractivity contribution in [2.75, 3.05) is 18.1 Å². The molecule has 2 N–H and O–H groups in total. The van der Waals surface area contributed by atoms with E-state index in [1.54, 1.807) is 31.5 Å². The van der Waals surface area contributed by atoms with Gasteiger partial charge in [0.05, 0.1) is 78.0 Å². The molecule has 0 fully saturated rings. The summed E-state index contributed by atoms with van der Waals surface area (Å²) in [5.41, 5.74) is 2.90. The first-order valence-electron chi connectivity index (χ1n) is 17.0. The normalized spacial score (nSPS) is 10.3. The second kappa shape index (κ2) is 23.0. The number of Topliss-reactive ketones (excluding diaryl/α,β-unsaturated/α-hetero) is 2. The fourth-order valence-electron chi connectivity index (χ4n) is 5.58. The molecule has 0 atom stereocenters. The molecule has 6 aromatic rings. The van der Waals surface area contributed by atoms with Gasteiger partial charge in [0.1, 0.15) is 20.8 Å². The Hall–Kier alpha value is -4.70. The third-order valence-electron chi connectivity index (χ3n) is 8.15. The molecule has 0 spiro atoms. The van der Waals surface area contributed by atoms with E-state index in [2.05, 4.69) is 54.0 Å². The monoisotopic (exact) mass is 938 g/mol. The van der Waals surface area contributed by atoms with Gasteiger partial charge in [-0.15, -0.1) is 0 Å². The van der Waals surface area contributed by atoms with Crippen LogP contribution in [0.25, 0.3) is 32.9 Å². The average molecular weight is 941 g/mol. The third kappa shape index (κ3) is 11.9. The van der Waals surface area contributed by atoms with E-state index in [4.69, 9.17) is 9.84 Å². The zero-order chi connectivity index (χ0) is 40.2. The van der Waals surface area contributed by atoms with Gasteiger partial charge >= 0.3 is 30.8 Å². The van der Waals surface area contributed by atoms with Crippen LogP contribution in [0.1, 0.15) is 43.7 Å². The number of aromatic nitrogens is 4. The molecule has 4 aromatic carbocycles. The molecule has 0 saturated heterocycles. The van der Waals surface area contributed by atoms with Crippen LogP contribution in [-0.4, -0.2) is 71.3 Å². The predicted octanol–water partition coefficient (Wildman–Crippen LogP) is 5.68. The van der Waals surface area contributed by atoms with E-state index in [-0.39, 0.29) is 79.1 Å². The van der Waals surface area contributed by atoms with Crippen LogP contribution >= 0.6 is 55.4 Å². The molecule has 292 valence electrons. The van der Waals surface area contributed by atoms with Crippen molar-refractivity contribution in [2.45, 2.75) is 42.9 Å². The number of carboxylic acids is 1. The summed E-state index contributed by atoms with van der Waals surface area (Å²) in [5, 5.41) is 32.2. The molecule has 0 aliphatic carbocycles. The number of thioether (sulfide) groups is 2. The van der Waals surface area contributed by atoms with Crippen molar-refractivity contribution in [2.24, 2.45) is 0 Å². The molecule has 0 bridgehead atoms. The van der Waals surface area contributed by atoms with Gasteiger partial charge in [-0.2, -0.15) is 10.5 Å². The number of carbonyl (C=O) groups excluding carboxylic acids is 3. The number of nitrogens with zero attached hydrogens (tertiary/aromatic N) is 6. The van der Waals surface area contributed by atoms with Crippen molar-refractivity contribution >= 4 is 100 Å². The maximum absolute atomic E-state index is 12.2. The third-order valence-corrected chi connectivity index (χ3v) is 11.3. The largest absolute Gasteiger partial charge is 1.00 e. The molecular formula is C40H33Br2LiN6O7S2. The number of carbonyl (C=O) groups is 4. The number of fused-ring (bicyclic) bond motifs is 2. The number of carboxylic acid groups (broad SMARTS) is 1. The number of ether oxygens (including phenoxy) is 1. The van der Waals surface area contributed by atoms with Crippen LogP contribution in [0.4, 0.5) is 0 Å². The van der Waals surface area contributed by atoms with Crippen LogP contribution in [-0.2, 0) is 23.9 Å². The van der Waals surface area contributed by atoms with Crippen LogP contribution in [0.3, 0.4) is 0 Å². The summed E-state index contributed by atoms with van der Waals surface area (Å²) in [6.45, 7) is 2.05. The molecule has 0 radical (unpaired) electrons. The van der Waals surface area contributed by atoms with E-state index < -0.39 is 5.97 Å². The Morgan fingerprint density at radius 2 is 1.10 bits per heavy atom. The van der Waals surface area contributed by atoms with E-state index in [1.807, 2.05) is 69.8 Å². The topological polar surface area (TPSA) is 211 Å². The van der Waals surface area contributed by atoms with Crippen molar-refractivity contribution in [3.63, 3.8) is 0 Å². The number of nitriles is 2. The summed E-state index contributed by atoms with van der Waals surface area (Å²) in [7, 11) is 0. The summed E-state index contributed by atoms with van der Waals surface area (Å²) >= 11 is 9.58. The zero-order valence-corrected chi connectivity index (χ0v) is 36.0. The Bertz CT molecular complexity index is 2530. The number of benzene rings is 4. The summed E-state index contributed by atoms with van der Waals surface area (Å²) in [6, 6.07) is 27.0. The van der Waals surface area contributed by atoms with Crippen molar-refractivity contribution in [1.29, 1.82) is 10.5 Å². The molecule has 13 nitrogen and oxygen atoms in total. The fraction of sp³-hybridized carbons (Fsp3) is 0.200. The smallest absolute Gasteiger partial charge is 0.870 e. The molecule has 0 amide bonds. The molecular weight excluding hydrogens is 907 g/mol. The summed E-state index contributed by atoms with van der Waals surface area (Å²) < 4.78 is 10.1. The van der Waals surface area contributed by atoms with Gasteiger partial charge < -0.3 is 15.3 Å². The number of rotatable bonds is 15. The van der Waals surface area contributed by atoms with E-state index in [0.717, 1.165) is 42.1 Å². The molecule has 0 aliphatic heterocycles. The van der Waals surface area contributed by atoms with Crippen molar-refractivity contribution < 1.29 is 53.4 Å². The Kier molecular flexibility index (Phi) is 18.9. The Morgan fingerprint density at radius 3 is 1.50 bits per heavy atom. The first-order chi connectivity index (χ1) is 27.1. The second-order valence-electron chi connectivity index (χ2n) is 11.8. The molecule has 58 heavy (non-hydrogen) atoms. The number of hydrogen-bond acceptors (Lipinski definition) is 12. The van der Waals surface area contributed by atoms with Gasteiger partial charge in [0.25, 0.3) is 0 Å². The molecule has 0 unspecified atom stereocenters. The zero-order valence-electron chi connectivity index (χ0n) is 31.2. The van der Waals surface area contributed by atoms with Crippen LogP contribution in [0, 0.1) is 22.7 Å². The second-order valence-corrected chi connectivity index (χ2v) is 15.3. The summed E-state index contributed by atoms with van der Waals surface area (Å²) in [6.07, 6.45) is 3.40. The number of ketones is 2. The molecule has 2 aromatic heterocycles. The van der Waals surface area contributed by atoms with Gasteiger partial charge in [-0.05, 0) is 63.0 Å². The van der Waals surface area contributed by atoms with Crippen molar-refractivity contribution in [3.8, 4) is 23.5 Å². The molecule has 2 heterocycles. The maximum atomic E-state index is 12.2. The van der Waals surface area contributed by atoms with Gasteiger partial charge in [0.15, 0.2) is 10.3 Å². The van der Waals surface area contributed by atoms with Gasteiger partial charge in [-0.25, -0.2) is 9.97 Å². The van der Waals surface area contributed by atoms with E-state index in [0.29, 0.717) is 28.0 Å². The van der Waals surface area contributed by atoms with Gasteiger partial charge in [-0.1, -0.05) is 72.1 Å². The average Bonchev–Trinajstić information content (AvgIpc) is 3.77. The molecule has 0 saturated carbocycles. The minimum Gasteiger partial charge on any atom is -0.870 e. The van der Waals surface area contributed by atoms with Gasteiger partial charge in [0, 0.05) is 34.4 Å². The van der Waals surface area contributed by atoms with E-state index >= 15 is 0 Å². The minimum atomic E-state index is -0.985. The maximum Gasteiger partial charge on any atom is 1.00 e. The van der Waals surface area contributed by atoms with E-state index in [9.17, 15) is 29.7 Å². The molecule has 18 heteroatoms. The van der Waals surface area contributed by atoms with Crippen molar-refractivity contribution in [3.05, 3.63) is 106 Å². The van der Waals surface area contributed by atoms with Crippen LogP contribution in [0.15, 0.2) is 105 Å². The molecule has 0 aliphatic rings. The van der Waals surface area contributed by atoms with E-state index in [1.165, 1.54) is 23.5 Å². The number of aliphatic carboxylic acids is 1. The predicted molar refractivity (Wildman–Crippen MR) is 223 cm³/mol. The minimum absolute atomic E-state index is 0. The molecule has 6 rings (SSSR count). The number of imidazole rings is 2. The SMILES string of the molecule is CCOC(=O)CCC(=O)CSc1ncc(Br)n1-c1ccc(C#N)c2ccccc12.N#Cc1ccc(-n2c(Br)cnc2SCC(=O)CCC(=O)O)c2ccccc12.[Li+].[OH-]. The quantitative estimate of drug-likeness (QED) is 0.0748. The summed E-state index contributed by atoms with van der Waals surface area (Å²) in [4.78, 5) is 54.8. The Labute approximate surface area is 370 Å². The first kappa shape index (κ1) is 47.7. The number of esters is 1. The summed E-state index contributed by atoms with van der Waals surface area (Å²) in [5.74, 6) is -1.18. The first-order valence-corrected chi connectivity index (χ1v) is 20.6. The van der Waals surface area contributed by atoms with Gasteiger partial charge in [-0.3, -0.25) is 28.3 Å². The van der Waals surface area contributed by atoms with Crippen LogP contribution in [0.5, 0.6) is 0 Å².